The molecule has 0 unspecified atom stereocenters. The maximum absolute atomic E-state index is 10.5. The number of aryl methyl sites for hydroxylation is 1. The highest BCUT2D eigenvalue weighted by atomic mass is 16.5. The van der Waals surface area contributed by atoms with Crippen LogP contribution in [-0.2, 0) is 6.54 Å². The van der Waals surface area contributed by atoms with E-state index in [0.717, 1.165) is 38.2 Å². The van der Waals surface area contributed by atoms with Gasteiger partial charge in [-0.15, -0.1) is 0 Å². The summed E-state index contributed by atoms with van der Waals surface area (Å²) in [4.78, 5) is 6.54. The van der Waals surface area contributed by atoms with Crippen molar-refractivity contribution in [3.05, 3.63) is 42.0 Å². The van der Waals surface area contributed by atoms with E-state index in [1.807, 2.05) is 4.68 Å². The summed E-state index contributed by atoms with van der Waals surface area (Å²) in [5.41, 5.74) is 2.45. The molecule has 6 nitrogen and oxygen atoms in total. The van der Waals surface area contributed by atoms with Crippen LogP contribution in [0.25, 0.3) is 0 Å². The second-order valence-corrected chi connectivity index (χ2v) is 7.50. The van der Waals surface area contributed by atoms with E-state index in [0.29, 0.717) is 11.8 Å². The van der Waals surface area contributed by atoms with Gasteiger partial charge in [-0.1, -0.05) is 12.1 Å². The molecule has 134 valence electrons. The Balaban J connectivity index is 1.43. The lowest BCUT2D eigenvalue weighted by Crippen LogP contribution is -2.36. The van der Waals surface area contributed by atoms with Gasteiger partial charge in [0.2, 0.25) is 0 Å². The van der Waals surface area contributed by atoms with Crippen LogP contribution < -0.4 is 4.74 Å². The Morgan fingerprint density at radius 3 is 2.76 bits per heavy atom. The van der Waals surface area contributed by atoms with Crippen molar-refractivity contribution in [3.8, 4) is 5.75 Å². The van der Waals surface area contributed by atoms with Crippen LogP contribution in [0, 0.1) is 18.8 Å². The zero-order valence-corrected chi connectivity index (χ0v) is 14.9. The number of hydrogen-bond donors (Lipinski definition) is 1. The number of rotatable bonds is 4. The van der Waals surface area contributed by atoms with Crippen LogP contribution in [0.4, 0.5) is 0 Å². The number of fused-ring (bicyclic) bond motifs is 1. The smallest absolute Gasteiger partial charge is 0.137 e. The van der Waals surface area contributed by atoms with Crippen molar-refractivity contribution in [1.82, 2.24) is 19.7 Å². The minimum atomic E-state index is -0.331. The third-order valence-electron chi connectivity index (χ3n) is 5.84. The molecule has 4 atom stereocenters. The zero-order chi connectivity index (χ0) is 17.4. The number of ether oxygens (including phenoxy) is 1. The van der Waals surface area contributed by atoms with Crippen LogP contribution in [-0.4, -0.2) is 51.1 Å². The third-order valence-corrected chi connectivity index (χ3v) is 5.84. The predicted octanol–water partition coefficient (Wildman–Crippen LogP) is 2.04. The molecule has 1 saturated heterocycles. The molecular weight excluding hydrogens is 316 g/mol. The molecule has 4 rings (SSSR count). The monoisotopic (exact) mass is 342 g/mol. The Labute approximate surface area is 148 Å². The molecule has 0 radical (unpaired) electrons. The Morgan fingerprint density at radius 2 is 2.04 bits per heavy atom. The molecule has 0 amide bonds. The molecule has 1 saturated carbocycles. The van der Waals surface area contributed by atoms with E-state index in [2.05, 4.69) is 40.1 Å². The van der Waals surface area contributed by atoms with E-state index in [1.165, 1.54) is 11.1 Å². The number of methoxy groups -OCH3 is 1. The number of benzene rings is 1. The minimum Gasteiger partial charge on any atom is -0.496 e. The normalized spacial score (nSPS) is 29.6. The Bertz CT molecular complexity index is 718. The average molecular weight is 342 g/mol. The molecule has 1 aromatic heterocycles. The quantitative estimate of drug-likeness (QED) is 0.921. The summed E-state index contributed by atoms with van der Waals surface area (Å²) in [6, 6.07) is 6.52. The topological polar surface area (TPSA) is 63.4 Å². The molecule has 2 fully saturated rings. The average Bonchev–Trinajstić information content (AvgIpc) is 3.24. The second-order valence-electron chi connectivity index (χ2n) is 7.50. The Kier molecular flexibility index (Phi) is 4.48. The van der Waals surface area contributed by atoms with Crippen molar-refractivity contribution in [2.45, 2.75) is 38.5 Å². The molecule has 2 heterocycles. The SMILES string of the molecule is COc1cc(CN2C[C@H]3C[C@@H](n4cncn4)[C@H](O)C[C@H]3C2)ccc1C. The largest absolute Gasteiger partial charge is 0.496 e. The van der Waals surface area contributed by atoms with Crippen molar-refractivity contribution < 1.29 is 9.84 Å². The van der Waals surface area contributed by atoms with E-state index in [-0.39, 0.29) is 12.1 Å². The molecule has 1 aromatic carbocycles. The fourth-order valence-corrected chi connectivity index (χ4v) is 4.53. The lowest BCUT2D eigenvalue weighted by Gasteiger charge is -2.35. The van der Waals surface area contributed by atoms with Gasteiger partial charge in [0.1, 0.15) is 18.4 Å². The second kappa shape index (κ2) is 6.77. The van der Waals surface area contributed by atoms with Crippen LogP contribution in [0.15, 0.2) is 30.9 Å². The van der Waals surface area contributed by atoms with Gasteiger partial charge < -0.3 is 9.84 Å². The van der Waals surface area contributed by atoms with Gasteiger partial charge in [0, 0.05) is 19.6 Å². The molecule has 1 N–H and O–H groups in total. The fraction of sp³-hybridized carbons (Fsp3) is 0.579. The maximum Gasteiger partial charge on any atom is 0.137 e. The maximum atomic E-state index is 10.5. The summed E-state index contributed by atoms with van der Waals surface area (Å²) in [7, 11) is 1.72. The molecule has 0 spiro atoms. The van der Waals surface area contributed by atoms with Crippen LogP contribution in [0.2, 0.25) is 0 Å². The van der Waals surface area contributed by atoms with Gasteiger partial charge in [0.15, 0.2) is 0 Å². The molecule has 1 aliphatic heterocycles. The van der Waals surface area contributed by atoms with E-state index >= 15 is 0 Å². The molecular formula is C19H26N4O2. The Hall–Kier alpha value is -1.92. The van der Waals surface area contributed by atoms with Crippen molar-refractivity contribution in [2.75, 3.05) is 20.2 Å². The highest BCUT2D eigenvalue weighted by Gasteiger charge is 2.42. The van der Waals surface area contributed by atoms with E-state index in [9.17, 15) is 5.11 Å². The fourth-order valence-electron chi connectivity index (χ4n) is 4.53. The first-order valence-corrected chi connectivity index (χ1v) is 9.02. The number of aliphatic hydroxyl groups is 1. The summed E-state index contributed by atoms with van der Waals surface area (Å²) < 4.78 is 7.27. The van der Waals surface area contributed by atoms with Crippen molar-refractivity contribution in [3.63, 3.8) is 0 Å². The van der Waals surface area contributed by atoms with Gasteiger partial charge in [-0.3, -0.25) is 4.90 Å². The highest BCUT2D eigenvalue weighted by molar-refractivity contribution is 5.36. The first-order valence-electron chi connectivity index (χ1n) is 9.02. The molecule has 2 aromatic rings. The molecule has 1 aliphatic carbocycles. The third kappa shape index (κ3) is 3.28. The van der Waals surface area contributed by atoms with Gasteiger partial charge in [-0.25, -0.2) is 9.67 Å². The van der Waals surface area contributed by atoms with Crippen LogP contribution >= 0.6 is 0 Å². The predicted molar refractivity (Wildman–Crippen MR) is 94.3 cm³/mol. The van der Waals surface area contributed by atoms with E-state index < -0.39 is 0 Å². The lowest BCUT2D eigenvalue weighted by molar-refractivity contribution is 0.0304. The van der Waals surface area contributed by atoms with Gasteiger partial charge in [0.25, 0.3) is 0 Å². The number of hydrogen-bond acceptors (Lipinski definition) is 5. The first kappa shape index (κ1) is 16.5. The summed E-state index contributed by atoms with van der Waals surface area (Å²) in [6.07, 6.45) is 4.76. The standard InChI is InChI=1S/C19H26N4O2/c1-13-3-4-14(5-19(13)25-2)8-22-9-15-6-17(23-12-20-11-21-23)18(24)7-16(15)10-22/h3-5,11-12,15-18,24H,6-10H2,1-2H3/t15-,16+,17-,18-/m1/s1. The molecule has 6 heteroatoms. The van der Waals surface area contributed by atoms with Crippen molar-refractivity contribution in [1.29, 1.82) is 0 Å². The van der Waals surface area contributed by atoms with Crippen molar-refractivity contribution >= 4 is 0 Å². The van der Waals surface area contributed by atoms with Gasteiger partial charge >= 0.3 is 0 Å². The van der Waals surface area contributed by atoms with E-state index in [1.54, 1.807) is 19.8 Å². The molecule has 0 bridgehead atoms. The van der Waals surface area contributed by atoms with E-state index in [4.69, 9.17) is 4.74 Å². The summed E-state index contributed by atoms with van der Waals surface area (Å²) in [5.74, 6) is 2.14. The van der Waals surface area contributed by atoms with Gasteiger partial charge in [0.05, 0.1) is 19.3 Å². The molecule has 25 heavy (non-hydrogen) atoms. The summed E-state index contributed by atoms with van der Waals surface area (Å²) >= 11 is 0. The van der Waals surface area contributed by atoms with Crippen molar-refractivity contribution in [2.24, 2.45) is 11.8 Å². The van der Waals surface area contributed by atoms with Gasteiger partial charge in [-0.2, -0.15) is 5.10 Å². The van der Waals surface area contributed by atoms with Gasteiger partial charge in [-0.05, 0) is 48.8 Å². The number of aromatic nitrogens is 3. The number of aliphatic hydroxyl groups excluding tert-OH is 1. The summed E-state index contributed by atoms with van der Waals surface area (Å²) in [6.45, 7) is 5.15. The molecule has 2 aliphatic rings. The summed E-state index contributed by atoms with van der Waals surface area (Å²) in [5, 5.41) is 14.8. The first-order chi connectivity index (χ1) is 12.1. The minimum absolute atomic E-state index is 0.0585. The zero-order valence-electron chi connectivity index (χ0n) is 14.9. The lowest BCUT2D eigenvalue weighted by atomic mass is 9.77. The van der Waals surface area contributed by atoms with Crippen LogP contribution in [0.5, 0.6) is 5.75 Å². The Morgan fingerprint density at radius 1 is 1.24 bits per heavy atom. The number of nitrogens with zero attached hydrogens (tertiary/aromatic N) is 4. The van der Waals surface area contributed by atoms with Crippen LogP contribution in [0.1, 0.15) is 30.0 Å². The highest BCUT2D eigenvalue weighted by Crippen LogP contribution is 2.41. The number of likely N-dealkylation sites (tertiary alicyclic amines) is 1. The van der Waals surface area contributed by atoms with Crippen LogP contribution in [0.3, 0.4) is 0 Å².